The van der Waals surface area contributed by atoms with Crippen molar-refractivity contribution in [2.45, 2.75) is 64.7 Å². The molecule has 0 amide bonds. The lowest BCUT2D eigenvalue weighted by Crippen LogP contribution is -2.13. The third-order valence-corrected chi connectivity index (χ3v) is 5.78. The highest BCUT2D eigenvalue weighted by atomic mass is 19.2. The number of hydrogen-bond acceptors (Lipinski definition) is 1. The zero-order chi connectivity index (χ0) is 20.6. The minimum Gasteiger partial charge on any atom is -0.490 e. The van der Waals surface area contributed by atoms with E-state index in [1.54, 1.807) is 0 Å². The zero-order valence-electron chi connectivity index (χ0n) is 17.4. The normalized spacial score (nSPS) is 18.8. The number of ether oxygens (including phenoxy) is 1. The second-order valence-electron chi connectivity index (χ2n) is 7.97. The summed E-state index contributed by atoms with van der Waals surface area (Å²) in [5.41, 5.74) is 2.21. The molecule has 3 heteroatoms. The Morgan fingerprint density at radius 1 is 0.862 bits per heavy atom. The topological polar surface area (TPSA) is 9.23 Å². The minimum atomic E-state index is -0.973. The maximum atomic E-state index is 14.2. The Morgan fingerprint density at radius 2 is 1.59 bits per heavy atom. The average molecular weight is 397 g/mol. The van der Waals surface area contributed by atoms with Gasteiger partial charge in [0.15, 0.2) is 11.6 Å². The molecule has 1 nitrogen and oxygen atoms in total. The first-order chi connectivity index (χ1) is 14.1. The molecule has 3 rings (SSSR count). The summed E-state index contributed by atoms with van der Waals surface area (Å²) in [7, 11) is 0. The molecular weight excluding hydrogens is 366 g/mol. The smallest absolute Gasteiger partial charge is 0.201 e. The summed E-state index contributed by atoms with van der Waals surface area (Å²) in [5, 5.41) is 0. The zero-order valence-corrected chi connectivity index (χ0v) is 17.4. The lowest BCUT2D eigenvalue weighted by molar-refractivity contribution is 0.295. The van der Waals surface area contributed by atoms with Gasteiger partial charge in [0.25, 0.3) is 0 Å². The van der Waals surface area contributed by atoms with E-state index in [1.165, 1.54) is 56.2 Å². The monoisotopic (exact) mass is 396 g/mol. The van der Waals surface area contributed by atoms with Gasteiger partial charge in [0.2, 0.25) is 5.82 Å². The number of rotatable bonds is 6. The van der Waals surface area contributed by atoms with Gasteiger partial charge in [-0.25, -0.2) is 4.39 Å². The van der Waals surface area contributed by atoms with Crippen LogP contribution < -0.4 is 4.74 Å². The van der Waals surface area contributed by atoms with Crippen LogP contribution in [-0.2, 0) is 0 Å². The first-order valence-electron chi connectivity index (χ1n) is 10.8. The van der Waals surface area contributed by atoms with Crippen molar-refractivity contribution in [3.63, 3.8) is 0 Å². The van der Waals surface area contributed by atoms with Crippen molar-refractivity contribution in [1.29, 1.82) is 0 Å². The van der Waals surface area contributed by atoms with Gasteiger partial charge in [0.1, 0.15) is 0 Å². The third-order valence-electron chi connectivity index (χ3n) is 5.78. The SMILES string of the molecule is CCCOc1ccc(C#Cc2ccc(C3CCC(CCC)CC3)cc2)c(F)c1F. The Morgan fingerprint density at radius 3 is 2.24 bits per heavy atom. The Labute approximate surface area is 173 Å². The van der Waals surface area contributed by atoms with Crippen LogP contribution in [0.3, 0.4) is 0 Å². The molecule has 2 aromatic rings. The second-order valence-corrected chi connectivity index (χ2v) is 7.97. The molecule has 2 aromatic carbocycles. The predicted octanol–water partition coefficient (Wildman–Crippen LogP) is 7.23. The number of hydrogen-bond donors (Lipinski definition) is 0. The number of benzene rings is 2. The van der Waals surface area contributed by atoms with Crippen LogP contribution >= 0.6 is 0 Å². The van der Waals surface area contributed by atoms with Crippen molar-refractivity contribution in [3.8, 4) is 17.6 Å². The van der Waals surface area contributed by atoms with Crippen molar-refractivity contribution in [2.24, 2.45) is 5.92 Å². The average Bonchev–Trinajstić information content (AvgIpc) is 2.75. The quantitative estimate of drug-likeness (QED) is 0.468. The molecule has 1 aliphatic carbocycles. The van der Waals surface area contributed by atoms with Crippen molar-refractivity contribution >= 4 is 0 Å². The van der Waals surface area contributed by atoms with Crippen LogP contribution in [0.25, 0.3) is 0 Å². The van der Waals surface area contributed by atoms with Gasteiger partial charge in [0.05, 0.1) is 12.2 Å². The van der Waals surface area contributed by atoms with E-state index in [-0.39, 0.29) is 11.3 Å². The van der Waals surface area contributed by atoms with Crippen molar-refractivity contribution < 1.29 is 13.5 Å². The van der Waals surface area contributed by atoms with E-state index in [0.717, 1.165) is 17.9 Å². The Kier molecular flexibility index (Phi) is 7.69. The largest absolute Gasteiger partial charge is 0.490 e. The number of halogens is 2. The second kappa shape index (κ2) is 10.4. The molecule has 0 saturated heterocycles. The fraction of sp³-hybridized carbons (Fsp3) is 0.462. The molecule has 0 bridgehead atoms. The summed E-state index contributed by atoms with van der Waals surface area (Å²) in [6.07, 6.45) is 8.52. The van der Waals surface area contributed by atoms with E-state index in [2.05, 4.69) is 30.9 Å². The fourth-order valence-corrected chi connectivity index (χ4v) is 4.12. The van der Waals surface area contributed by atoms with Crippen molar-refractivity contribution in [2.75, 3.05) is 6.61 Å². The van der Waals surface area contributed by atoms with Crippen LogP contribution in [0.2, 0.25) is 0 Å². The summed E-state index contributed by atoms with van der Waals surface area (Å²) in [6.45, 7) is 4.53. The standard InChI is InChI=1S/C26H30F2O/c1-3-5-19-6-11-21(12-7-19)22-13-8-20(9-14-22)10-15-23-16-17-24(29-18-4-2)26(28)25(23)27/h8-9,13-14,16-17,19,21H,3-7,11-12,18H2,1-2H3. The highest BCUT2D eigenvalue weighted by molar-refractivity contribution is 5.46. The van der Waals surface area contributed by atoms with Crippen molar-refractivity contribution in [1.82, 2.24) is 0 Å². The molecule has 29 heavy (non-hydrogen) atoms. The van der Waals surface area contributed by atoms with Gasteiger partial charge in [-0.05, 0) is 73.8 Å². The highest BCUT2D eigenvalue weighted by Gasteiger charge is 2.21. The van der Waals surface area contributed by atoms with Gasteiger partial charge in [-0.3, -0.25) is 0 Å². The molecule has 154 valence electrons. The molecule has 0 aliphatic heterocycles. The summed E-state index contributed by atoms with van der Waals surface area (Å²) < 4.78 is 33.5. The summed E-state index contributed by atoms with van der Waals surface area (Å²) in [5.74, 6) is 5.24. The molecule has 1 aliphatic rings. The van der Waals surface area contributed by atoms with Crippen LogP contribution in [0.1, 0.15) is 81.4 Å². The lowest BCUT2D eigenvalue weighted by Gasteiger charge is -2.28. The molecule has 0 spiro atoms. The molecule has 0 unspecified atom stereocenters. The van der Waals surface area contributed by atoms with Crippen LogP contribution in [-0.4, -0.2) is 6.61 Å². The van der Waals surface area contributed by atoms with E-state index in [4.69, 9.17) is 4.74 Å². The molecule has 0 atom stereocenters. The molecule has 1 fully saturated rings. The highest BCUT2D eigenvalue weighted by Crippen LogP contribution is 2.37. The van der Waals surface area contributed by atoms with Crippen LogP contribution in [0, 0.1) is 29.4 Å². The third kappa shape index (κ3) is 5.60. The predicted molar refractivity (Wildman–Crippen MR) is 114 cm³/mol. The van der Waals surface area contributed by atoms with E-state index in [1.807, 2.05) is 19.1 Å². The Hall–Kier alpha value is -2.34. The van der Waals surface area contributed by atoms with Gasteiger partial charge in [-0.1, -0.05) is 50.7 Å². The summed E-state index contributed by atoms with van der Waals surface area (Å²) in [6, 6.07) is 11.1. The van der Waals surface area contributed by atoms with E-state index < -0.39 is 11.6 Å². The minimum absolute atomic E-state index is 0.0460. The Bertz CT molecular complexity index is 853. The molecule has 1 saturated carbocycles. The Balaban J connectivity index is 1.65. The van der Waals surface area contributed by atoms with Gasteiger partial charge in [-0.15, -0.1) is 0 Å². The van der Waals surface area contributed by atoms with Gasteiger partial charge in [0, 0.05) is 5.56 Å². The first-order valence-corrected chi connectivity index (χ1v) is 10.8. The molecule has 0 radical (unpaired) electrons. The summed E-state index contributed by atoms with van der Waals surface area (Å²) >= 11 is 0. The van der Waals surface area contributed by atoms with Crippen LogP contribution in [0.15, 0.2) is 36.4 Å². The van der Waals surface area contributed by atoms with E-state index >= 15 is 0 Å². The maximum Gasteiger partial charge on any atom is 0.201 e. The molecular formula is C26H30F2O. The van der Waals surface area contributed by atoms with E-state index in [0.29, 0.717) is 12.5 Å². The van der Waals surface area contributed by atoms with Gasteiger partial charge in [-0.2, -0.15) is 4.39 Å². The van der Waals surface area contributed by atoms with Crippen LogP contribution in [0.5, 0.6) is 5.75 Å². The molecule has 0 N–H and O–H groups in total. The van der Waals surface area contributed by atoms with Crippen LogP contribution in [0.4, 0.5) is 8.78 Å². The van der Waals surface area contributed by atoms with Gasteiger partial charge < -0.3 is 4.74 Å². The summed E-state index contributed by atoms with van der Waals surface area (Å²) in [4.78, 5) is 0. The van der Waals surface area contributed by atoms with Gasteiger partial charge >= 0.3 is 0 Å². The maximum absolute atomic E-state index is 14.2. The van der Waals surface area contributed by atoms with Crippen molar-refractivity contribution in [3.05, 3.63) is 64.7 Å². The first kappa shape index (κ1) is 21.4. The van der Waals surface area contributed by atoms with E-state index in [9.17, 15) is 8.78 Å². The lowest BCUT2D eigenvalue weighted by atomic mass is 9.77. The fourth-order valence-electron chi connectivity index (χ4n) is 4.12. The molecule has 0 aromatic heterocycles. The molecule has 0 heterocycles.